The summed E-state index contributed by atoms with van der Waals surface area (Å²) in [7, 11) is 0. The maximum absolute atomic E-state index is 15.9. The van der Waals surface area contributed by atoms with Gasteiger partial charge in [0.15, 0.2) is 23.1 Å². The quantitative estimate of drug-likeness (QED) is 0.419. The fourth-order valence-electron chi connectivity index (χ4n) is 5.33. The molecule has 6 nitrogen and oxygen atoms in total. The molecule has 2 aromatic rings. The number of fused-ring (bicyclic) bond motifs is 2. The third-order valence-corrected chi connectivity index (χ3v) is 7.36. The number of amidine groups is 1. The number of hydrogen-bond acceptors (Lipinski definition) is 5. The molecule has 7 heteroatoms. The van der Waals surface area contributed by atoms with E-state index in [1.165, 1.54) is 0 Å². The number of aromatic hydroxyl groups is 1. The molecule has 1 heterocycles. The average Bonchev–Trinajstić information content (AvgIpc) is 3.54. The van der Waals surface area contributed by atoms with Crippen molar-refractivity contribution in [3.63, 3.8) is 0 Å². The van der Waals surface area contributed by atoms with Gasteiger partial charge in [-0.1, -0.05) is 41.5 Å². The summed E-state index contributed by atoms with van der Waals surface area (Å²) in [4.78, 5) is 15.5. The number of ketones is 1. The summed E-state index contributed by atoms with van der Waals surface area (Å²) in [5.74, 6) is 0.00104. The van der Waals surface area contributed by atoms with Crippen LogP contribution < -0.4 is 9.47 Å². The summed E-state index contributed by atoms with van der Waals surface area (Å²) in [6, 6.07) is 5.20. The van der Waals surface area contributed by atoms with E-state index in [1.54, 1.807) is 30.0 Å². The molecule has 0 unspecified atom stereocenters. The number of carbonyl (C=O) groups excluding carboxylic acids is 1. The number of hydrogen-bond donors (Lipinski definition) is 2. The van der Waals surface area contributed by atoms with Crippen molar-refractivity contribution < 1.29 is 23.8 Å². The Labute approximate surface area is 219 Å². The smallest absolute Gasteiger partial charge is 0.197 e. The minimum absolute atomic E-state index is 0.0567. The third-order valence-electron chi connectivity index (χ3n) is 7.36. The fraction of sp³-hybridized carbons (Fsp3) is 0.533. The lowest BCUT2D eigenvalue weighted by molar-refractivity contribution is 0.0942. The Hall–Kier alpha value is -3.09. The molecule has 0 atom stereocenters. The van der Waals surface area contributed by atoms with Crippen LogP contribution in [0.4, 0.5) is 4.39 Å². The van der Waals surface area contributed by atoms with E-state index in [9.17, 15) is 9.90 Å². The fourth-order valence-corrected chi connectivity index (χ4v) is 5.33. The Kier molecular flexibility index (Phi) is 6.58. The molecule has 4 rings (SSSR count). The zero-order valence-corrected chi connectivity index (χ0v) is 23.3. The molecule has 1 fully saturated rings. The van der Waals surface area contributed by atoms with Crippen LogP contribution in [-0.4, -0.2) is 41.4 Å². The normalized spacial score (nSPS) is 16.2. The van der Waals surface area contributed by atoms with Crippen LogP contribution in [0.3, 0.4) is 0 Å². The second kappa shape index (κ2) is 9.03. The molecule has 2 aliphatic rings. The third kappa shape index (κ3) is 4.47. The Balaban J connectivity index is 1.76. The second-order valence-electron chi connectivity index (χ2n) is 12.1. The monoisotopic (exact) mass is 510 g/mol. The van der Waals surface area contributed by atoms with Gasteiger partial charge in [0.05, 0.1) is 25.3 Å². The topological polar surface area (TPSA) is 82.8 Å². The van der Waals surface area contributed by atoms with Crippen molar-refractivity contribution >= 4 is 11.6 Å². The first kappa shape index (κ1) is 27.0. The Morgan fingerprint density at radius 2 is 1.57 bits per heavy atom. The molecule has 2 N–H and O–H groups in total. The minimum atomic E-state index is -0.723. The first-order valence-corrected chi connectivity index (χ1v) is 13.1. The van der Waals surface area contributed by atoms with Gasteiger partial charge in [0, 0.05) is 27.8 Å². The van der Waals surface area contributed by atoms with Gasteiger partial charge in [0.25, 0.3) is 0 Å². The number of carbonyl (C=O) groups is 1. The molecule has 1 aliphatic carbocycles. The summed E-state index contributed by atoms with van der Waals surface area (Å²) in [6.07, 6.45) is 1.31. The highest BCUT2D eigenvalue weighted by Gasteiger charge is 2.59. The van der Waals surface area contributed by atoms with Gasteiger partial charge in [-0.3, -0.25) is 10.2 Å². The Morgan fingerprint density at radius 3 is 2.03 bits per heavy atom. The van der Waals surface area contributed by atoms with Crippen molar-refractivity contribution in [3.05, 3.63) is 51.8 Å². The summed E-state index contributed by atoms with van der Waals surface area (Å²) in [6.45, 7) is 16.2. The molecule has 0 saturated heterocycles. The van der Waals surface area contributed by atoms with E-state index in [1.807, 2.05) is 48.5 Å². The molecule has 0 amide bonds. The summed E-state index contributed by atoms with van der Waals surface area (Å²) in [5, 5.41) is 20.0. The predicted octanol–water partition coefficient (Wildman–Crippen LogP) is 6.44. The molecule has 1 saturated carbocycles. The predicted molar refractivity (Wildman–Crippen MR) is 143 cm³/mol. The zero-order chi connectivity index (χ0) is 27.5. The van der Waals surface area contributed by atoms with Crippen molar-refractivity contribution in [2.24, 2.45) is 0 Å². The van der Waals surface area contributed by atoms with Crippen LogP contribution in [0, 0.1) is 11.2 Å². The molecule has 1 aliphatic heterocycles. The molecular weight excluding hydrogens is 471 g/mol. The Morgan fingerprint density at radius 1 is 1.03 bits per heavy atom. The lowest BCUT2D eigenvalue weighted by Gasteiger charge is -2.29. The molecule has 0 radical (unpaired) electrons. The largest absolute Gasteiger partial charge is 0.507 e. The minimum Gasteiger partial charge on any atom is -0.507 e. The van der Waals surface area contributed by atoms with Crippen LogP contribution in [0.2, 0.25) is 0 Å². The summed E-state index contributed by atoms with van der Waals surface area (Å²) < 4.78 is 27.1. The van der Waals surface area contributed by atoms with Gasteiger partial charge >= 0.3 is 0 Å². The van der Waals surface area contributed by atoms with Gasteiger partial charge in [-0.25, -0.2) is 4.39 Å². The van der Waals surface area contributed by atoms with Crippen LogP contribution in [0.5, 0.6) is 17.2 Å². The van der Waals surface area contributed by atoms with Gasteiger partial charge in [-0.15, -0.1) is 0 Å². The molecule has 200 valence electrons. The first-order chi connectivity index (χ1) is 17.2. The van der Waals surface area contributed by atoms with E-state index in [4.69, 9.17) is 14.9 Å². The van der Waals surface area contributed by atoms with Crippen molar-refractivity contribution in [2.45, 2.75) is 84.6 Å². The van der Waals surface area contributed by atoms with Crippen molar-refractivity contribution in [1.82, 2.24) is 4.90 Å². The average molecular weight is 511 g/mol. The number of ether oxygens (including phenoxy) is 2. The number of nitrogens with zero attached hydrogens (tertiary/aromatic N) is 1. The van der Waals surface area contributed by atoms with Crippen molar-refractivity contribution in [3.8, 4) is 17.2 Å². The second-order valence-corrected chi connectivity index (χ2v) is 12.1. The number of nitrogens with one attached hydrogen (secondary N) is 1. The maximum Gasteiger partial charge on any atom is 0.197 e. The highest BCUT2D eigenvalue weighted by atomic mass is 19.1. The van der Waals surface area contributed by atoms with Crippen LogP contribution in [0.1, 0.15) is 101 Å². The number of halogens is 1. The van der Waals surface area contributed by atoms with E-state index in [0.29, 0.717) is 47.3 Å². The van der Waals surface area contributed by atoms with Crippen molar-refractivity contribution in [1.29, 1.82) is 5.41 Å². The molecule has 2 aromatic carbocycles. The van der Waals surface area contributed by atoms with Crippen LogP contribution in [-0.2, 0) is 16.4 Å². The maximum atomic E-state index is 15.9. The zero-order valence-electron chi connectivity index (χ0n) is 23.3. The number of rotatable bonds is 7. The van der Waals surface area contributed by atoms with Crippen molar-refractivity contribution in [2.75, 3.05) is 19.8 Å². The Bertz CT molecular complexity index is 1230. The van der Waals surface area contributed by atoms with Gasteiger partial charge in [0.1, 0.15) is 11.6 Å². The number of Topliss-reactive ketones (excluding diaryl/α,β-unsaturated/α-hetero) is 1. The summed E-state index contributed by atoms with van der Waals surface area (Å²) in [5.41, 5.74) is 1.31. The molecule has 0 aromatic heterocycles. The highest BCUT2D eigenvalue weighted by Crippen LogP contribution is 2.59. The first-order valence-electron chi connectivity index (χ1n) is 13.1. The van der Waals surface area contributed by atoms with E-state index in [-0.39, 0.29) is 52.8 Å². The lowest BCUT2D eigenvalue weighted by Crippen LogP contribution is -2.38. The van der Waals surface area contributed by atoms with Crippen LogP contribution in [0.25, 0.3) is 0 Å². The van der Waals surface area contributed by atoms with E-state index < -0.39 is 11.4 Å². The van der Waals surface area contributed by atoms with E-state index in [2.05, 4.69) is 0 Å². The van der Waals surface area contributed by atoms with Crippen LogP contribution in [0.15, 0.2) is 18.2 Å². The number of phenols is 1. The van der Waals surface area contributed by atoms with Gasteiger partial charge in [-0.05, 0) is 55.7 Å². The molecule has 37 heavy (non-hydrogen) atoms. The molecule has 1 spiro atoms. The van der Waals surface area contributed by atoms with Gasteiger partial charge in [0.2, 0.25) is 0 Å². The molecule has 0 bridgehead atoms. The summed E-state index contributed by atoms with van der Waals surface area (Å²) >= 11 is 0. The van der Waals surface area contributed by atoms with E-state index in [0.717, 1.165) is 0 Å². The van der Waals surface area contributed by atoms with Gasteiger partial charge in [-0.2, -0.15) is 0 Å². The number of benzene rings is 2. The van der Waals surface area contributed by atoms with Crippen LogP contribution >= 0.6 is 0 Å². The number of phenolic OH excluding ortho intramolecular Hbond substituents is 1. The SMILES string of the molecule is CCOc1cc2c(c(F)c1OCC)C1(CC1)N(CC(=O)c1cc(C(C)(C)C)c(O)c(C(C)(C)C)c1)C2=N. The highest BCUT2D eigenvalue weighted by molar-refractivity contribution is 6.07. The standard InChI is InChI=1S/C30H39FN2O4/c1-9-36-22-15-18-23(24(31)26(22)37-10-2)30(11-12-30)33(27(18)32)16-21(34)17-13-19(28(3,4)5)25(35)20(14-17)29(6,7)8/h13-15,32,35H,9-12,16H2,1-8H3. The van der Waals surface area contributed by atoms with E-state index >= 15 is 4.39 Å². The lowest BCUT2D eigenvalue weighted by atomic mass is 9.78. The van der Waals surface area contributed by atoms with Gasteiger partial charge < -0.3 is 19.5 Å². The molecular formula is C30H39FN2O4.